The van der Waals surface area contributed by atoms with E-state index in [2.05, 4.69) is 10.6 Å². The Bertz CT molecular complexity index is 595. The number of nitrogens with one attached hydrogen (secondary N) is 2. The number of carbonyl (C=O) groups is 1. The molecule has 0 bridgehead atoms. The van der Waals surface area contributed by atoms with Gasteiger partial charge in [0.15, 0.2) is 0 Å². The highest BCUT2D eigenvalue weighted by Crippen LogP contribution is 2.29. The van der Waals surface area contributed by atoms with Crippen LogP contribution in [0.15, 0.2) is 54.6 Å². The Kier molecular flexibility index (Phi) is 4.47. The zero-order valence-electron chi connectivity index (χ0n) is 10.9. The zero-order valence-corrected chi connectivity index (χ0v) is 10.9. The molecule has 0 aliphatic heterocycles. The molecule has 0 fully saturated rings. The highest BCUT2D eigenvalue weighted by atomic mass is 19.4. The number of alkyl halides is 3. The maximum absolute atomic E-state index is 12.4. The van der Waals surface area contributed by atoms with Crippen molar-refractivity contribution in [2.24, 2.45) is 0 Å². The highest BCUT2D eigenvalue weighted by molar-refractivity contribution is 5.93. The van der Waals surface area contributed by atoms with Crippen LogP contribution in [0.4, 0.5) is 24.5 Å². The van der Waals surface area contributed by atoms with Crippen molar-refractivity contribution in [3.05, 3.63) is 60.2 Å². The number of para-hydroxylation sites is 1. The molecule has 0 unspecified atom stereocenters. The van der Waals surface area contributed by atoms with Crippen LogP contribution in [-0.2, 0) is 11.0 Å². The largest absolute Gasteiger partial charge is 0.416 e. The van der Waals surface area contributed by atoms with E-state index in [0.717, 1.165) is 12.1 Å². The van der Waals surface area contributed by atoms with Crippen molar-refractivity contribution in [3.63, 3.8) is 0 Å². The van der Waals surface area contributed by atoms with Crippen molar-refractivity contribution < 1.29 is 18.0 Å². The first-order chi connectivity index (χ1) is 9.95. The molecule has 1 amide bonds. The molecule has 0 heterocycles. The summed E-state index contributed by atoms with van der Waals surface area (Å²) in [5.74, 6) is -0.277. The normalized spacial score (nSPS) is 11.0. The highest BCUT2D eigenvalue weighted by Gasteiger charge is 2.29. The van der Waals surface area contributed by atoms with Crippen molar-refractivity contribution >= 4 is 17.3 Å². The lowest BCUT2D eigenvalue weighted by Crippen LogP contribution is -2.21. The van der Waals surface area contributed by atoms with Crippen LogP contribution in [-0.4, -0.2) is 12.5 Å². The summed E-state index contributed by atoms with van der Waals surface area (Å²) in [5, 5.41) is 5.43. The molecule has 0 atom stereocenters. The van der Waals surface area contributed by atoms with Gasteiger partial charge >= 0.3 is 6.18 Å². The fraction of sp³-hybridized carbons (Fsp3) is 0.133. The first kappa shape index (κ1) is 14.9. The lowest BCUT2D eigenvalue weighted by molar-refractivity contribution is -0.137. The van der Waals surface area contributed by atoms with Gasteiger partial charge in [0, 0.05) is 11.4 Å². The van der Waals surface area contributed by atoms with E-state index in [1.807, 2.05) is 6.07 Å². The number of rotatable bonds is 4. The third-order valence-electron chi connectivity index (χ3n) is 2.72. The number of anilines is 2. The quantitative estimate of drug-likeness (QED) is 0.901. The third-order valence-corrected chi connectivity index (χ3v) is 2.72. The fourth-order valence-corrected chi connectivity index (χ4v) is 1.69. The number of benzene rings is 2. The zero-order chi connectivity index (χ0) is 15.3. The van der Waals surface area contributed by atoms with Gasteiger partial charge < -0.3 is 10.6 Å². The predicted octanol–water partition coefficient (Wildman–Crippen LogP) is 3.76. The summed E-state index contributed by atoms with van der Waals surface area (Å²) in [7, 11) is 0. The fourth-order valence-electron chi connectivity index (χ4n) is 1.69. The van der Waals surface area contributed by atoms with Crippen molar-refractivity contribution in [1.82, 2.24) is 0 Å². The van der Waals surface area contributed by atoms with Crippen LogP contribution in [0.5, 0.6) is 0 Å². The van der Waals surface area contributed by atoms with Gasteiger partial charge in [-0.25, -0.2) is 0 Å². The van der Waals surface area contributed by atoms with E-state index in [-0.39, 0.29) is 12.5 Å². The Morgan fingerprint density at radius 2 is 1.52 bits per heavy atom. The van der Waals surface area contributed by atoms with E-state index >= 15 is 0 Å². The number of hydrogen-bond donors (Lipinski definition) is 2. The van der Waals surface area contributed by atoms with Crippen molar-refractivity contribution in [3.8, 4) is 0 Å². The average Bonchev–Trinajstić information content (AvgIpc) is 2.46. The molecule has 0 aromatic heterocycles. The molecule has 0 aliphatic carbocycles. The van der Waals surface area contributed by atoms with E-state index < -0.39 is 11.7 Å². The summed E-state index contributed by atoms with van der Waals surface area (Å²) >= 11 is 0. The second-order valence-electron chi connectivity index (χ2n) is 4.34. The van der Waals surface area contributed by atoms with Crippen molar-refractivity contribution in [1.29, 1.82) is 0 Å². The van der Waals surface area contributed by atoms with Gasteiger partial charge in [0.25, 0.3) is 0 Å². The Hall–Kier alpha value is -2.50. The molecule has 2 aromatic rings. The van der Waals surface area contributed by atoms with Crippen molar-refractivity contribution in [2.75, 3.05) is 17.2 Å². The molecule has 3 nitrogen and oxygen atoms in total. The van der Waals surface area contributed by atoms with Crippen molar-refractivity contribution in [2.45, 2.75) is 6.18 Å². The van der Waals surface area contributed by atoms with Crippen LogP contribution < -0.4 is 10.6 Å². The molecule has 2 aromatic carbocycles. The Balaban J connectivity index is 1.87. The molecule has 0 radical (unpaired) electrons. The monoisotopic (exact) mass is 294 g/mol. The van der Waals surface area contributed by atoms with Crippen LogP contribution in [0.1, 0.15) is 5.56 Å². The topological polar surface area (TPSA) is 41.1 Å². The molecular formula is C15H13F3N2O. The summed E-state index contributed by atoms with van der Waals surface area (Å²) in [6.07, 6.45) is -4.36. The van der Waals surface area contributed by atoms with Gasteiger partial charge in [0.2, 0.25) is 5.91 Å². The molecule has 110 valence electrons. The van der Waals surface area contributed by atoms with E-state index in [1.165, 1.54) is 12.1 Å². The summed E-state index contributed by atoms with van der Waals surface area (Å²) < 4.78 is 37.2. The van der Waals surface area contributed by atoms with E-state index in [0.29, 0.717) is 11.4 Å². The van der Waals surface area contributed by atoms with Crippen LogP contribution in [0.3, 0.4) is 0 Å². The summed E-state index contributed by atoms with van der Waals surface area (Å²) in [4.78, 5) is 11.7. The Morgan fingerprint density at radius 1 is 0.905 bits per heavy atom. The first-order valence-electron chi connectivity index (χ1n) is 6.21. The summed E-state index contributed by atoms with van der Waals surface area (Å²) in [6.45, 7) is -0.0275. The Morgan fingerprint density at radius 3 is 2.10 bits per heavy atom. The number of amides is 1. The molecule has 0 spiro atoms. The SMILES string of the molecule is O=C(CNc1ccc(C(F)(F)F)cc1)Nc1ccccc1. The van der Waals surface area contributed by atoms with Gasteiger partial charge in [0.1, 0.15) is 0 Å². The molecule has 2 N–H and O–H groups in total. The van der Waals surface area contributed by atoms with Crippen LogP contribution in [0.2, 0.25) is 0 Å². The van der Waals surface area contributed by atoms with E-state index in [9.17, 15) is 18.0 Å². The van der Waals surface area contributed by atoms with Gasteiger partial charge in [-0.05, 0) is 36.4 Å². The van der Waals surface area contributed by atoms with Crippen LogP contribution in [0.25, 0.3) is 0 Å². The molecular weight excluding hydrogens is 281 g/mol. The second-order valence-corrected chi connectivity index (χ2v) is 4.34. The predicted molar refractivity (Wildman–Crippen MR) is 75.0 cm³/mol. The van der Waals surface area contributed by atoms with Gasteiger partial charge in [-0.3, -0.25) is 4.79 Å². The van der Waals surface area contributed by atoms with Gasteiger partial charge in [-0.15, -0.1) is 0 Å². The first-order valence-corrected chi connectivity index (χ1v) is 6.21. The maximum Gasteiger partial charge on any atom is 0.416 e. The smallest absolute Gasteiger partial charge is 0.376 e. The number of carbonyl (C=O) groups excluding carboxylic acids is 1. The molecule has 0 saturated carbocycles. The lowest BCUT2D eigenvalue weighted by Gasteiger charge is -2.10. The molecule has 0 saturated heterocycles. The van der Waals surface area contributed by atoms with Crippen LogP contribution in [0, 0.1) is 0 Å². The number of halogens is 3. The van der Waals surface area contributed by atoms with E-state index in [4.69, 9.17) is 0 Å². The third kappa shape index (κ3) is 4.52. The minimum absolute atomic E-state index is 0.0275. The summed E-state index contributed by atoms with van der Waals surface area (Å²) in [6, 6.07) is 13.4. The molecule has 6 heteroatoms. The van der Waals surface area contributed by atoms with Gasteiger partial charge in [-0.2, -0.15) is 13.2 Å². The van der Waals surface area contributed by atoms with Crippen LogP contribution >= 0.6 is 0 Å². The van der Waals surface area contributed by atoms with E-state index in [1.54, 1.807) is 24.3 Å². The Labute approximate surface area is 119 Å². The number of hydrogen-bond acceptors (Lipinski definition) is 2. The van der Waals surface area contributed by atoms with Gasteiger partial charge in [-0.1, -0.05) is 18.2 Å². The lowest BCUT2D eigenvalue weighted by atomic mass is 10.2. The average molecular weight is 294 g/mol. The van der Waals surface area contributed by atoms with Gasteiger partial charge in [0.05, 0.1) is 12.1 Å². The molecule has 2 rings (SSSR count). The minimum atomic E-state index is -4.36. The maximum atomic E-state index is 12.4. The second kappa shape index (κ2) is 6.30. The molecule has 0 aliphatic rings. The molecule has 21 heavy (non-hydrogen) atoms. The minimum Gasteiger partial charge on any atom is -0.376 e. The standard InChI is InChI=1S/C15H13F3N2O/c16-15(17,18)11-6-8-12(9-7-11)19-10-14(21)20-13-4-2-1-3-5-13/h1-9,19H,10H2,(H,20,21). The summed E-state index contributed by atoms with van der Waals surface area (Å²) in [5.41, 5.74) is 0.393.